The Morgan fingerprint density at radius 3 is 2.54 bits per heavy atom. The number of likely N-dealkylation sites (tertiary alicyclic amines) is 1. The van der Waals surface area contributed by atoms with E-state index in [4.69, 9.17) is 11.6 Å². The maximum atomic E-state index is 12.0. The Kier molecular flexibility index (Phi) is 6.25. The number of carbonyl (C=O) groups is 1. The van der Waals surface area contributed by atoms with Gasteiger partial charge < -0.3 is 5.11 Å². The number of benzene rings is 1. The molecule has 0 radical (unpaired) electrons. The Labute approximate surface area is 148 Å². The minimum atomic E-state index is -3.18. The molecule has 0 unspecified atom stereocenters. The minimum Gasteiger partial charge on any atom is -0.478 e. The second-order valence-corrected chi connectivity index (χ2v) is 8.72. The molecule has 0 atom stereocenters. The topological polar surface area (TPSA) is 77.9 Å². The number of carboxylic acids is 1. The van der Waals surface area contributed by atoms with Crippen molar-refractivity contribution in [3.8, 4) is 0 Å². The molecule has 1 aliphatic heterocycles. The molecule has 8 heteroatoms. The number of sulfonamides is 1. The van der Waals surface area contributed by atoms with Crippen LogP contribution in [-0.4, -0.2) is 60.6 Å². The second kappa shape index (κ2) is 7.82. The van der Waals surface area contributed by atoms with Gasteiger partial charge in [0.05, 0.1) is 11.3 Å². The first-order valence-electron chi connectivity index (χ1n) is 7.95. The second-order valence-electron chi connectivity index (χ2n) is 6.00. The molecule has 0 aromatic heterocycles. The number of piperidine rings is 1. The third-order valence-electron chi connectivity index (χ3n) is 4.61. The van der Waals surface area contributed by atoms with Gasteiger partial charge in [-0.1, -0.05) is 17.7 Å². The van der Waals surface area contributed by atoms with Crippen molar-refractivity contribution < 1.29 is 18.3 Å². The highest BCUT2D eigenvalue weighted by Gasteiger charge is 2.29. The highest BCUT2D eigenvalue weighted by Crippen LogP contribution is 2.25. The molecule has 134 valence electrons. The maximum Gasteiger partial charge on any atom is 0.336 e. The minimum absolute atomic E-state index is 0.00334. The Balaban J connectivity index is 2.03. The molecule has 6 nitrogen and oxygen atoms in total. The summed E-state index contributed by atoms with van der Waals surface area (Å²) < 4.78 is 25.4. The molecule has 1 heterocycles. The summed E-state index contributed by atoms with van der Waals surface area (Å²) in [5.41, 5.74) is 0.829. The van der Waals surface area contributed by atoms with Gasteiger partial charge in [0.1, 0.15) is 0 Å². The fraction of sp³-hybridized carbons (Fsp3) is 0.562. The third-order valence-corrected chi connectivity index (χ3v) is 6.87. The molecular weight excluding hydrogens is 352 g/mol. The molecule has 0 bridgehead atoms. The van der Waals surface area contributed by atoms with E-state index in [1.165, 1.54) is 4.31 Å². The van der Waals surface area contributed by atoms with Crippen LogP contribution in [0.5, 0.6) is 0 Å². The summed E-state index contributed by atoms with van der Waals surface area (Å²) in [6, 6.07) is 4.87. The Bertz CT molecular complexity index is 700. The average molecular weight is 375 g/mol. The largest absolute Gasteiger partial charge is 0.478 e. The van der Waals surface area contributed by atoms with Crippen molar-refractivity contribution in [1.29, 1.82) is 0 Å². The van der Waals surface area contributed by atoms with Gasteiger partial charge in [-0.25, -0.2) is 17.5 Å². The SMILES string of the molecule is CCS(=O)(=O)N(C)C1CCN(Cc2c(Cl)cccc2C(=O)O)CC1. The van der Waals surface area contributed by atoms with Gasteiger partial charge in [0.25, 0.3) is 0 Å². The zero-order chi connectivity index (χ0) is 17.9. The van der Waals surface area contributed by atoms with Crippen LogP contribution in [-0.2, 0) is 16.6 Å². The molecule has 1 fully saturated rings. The molecule has 1 aromatic rings. The van der Waals surface area contributed by atoms with Crippen LogP contribution < -0.4 is 0 Å². The number of halogens is 1. The summed E-state index contributed by atoms with van der Waals surface area (Å²) in [7, 11) is -1.55. The predicted octanol–water partition coefficient (Wildman–Crippen LogP) is 2.28. The monoisotopic (exact) mass is 374 g/mol. The van der Waals surface area contributed by atoms with Crippen molar-refractivity contribution in [3.05, 3.63) is 34.3 Å². The van der Waals surface area contributed by atoms with E-state index in [1.54, 1.807) is 32.2 Å². The lowest BCUT2D eigenvalue weighted by atomic mass is 10.0. The smallest absolute Gasteiger partial charge is 0.336 e. The zero-order valence-corrected chi connectivity index (χ0v) is 15.5. The van der Waals surface area contributed by atoms with E-state index in [-0.39, 0.29) is 17.4 Å². The van der Waals surface area contributed by atoms with Crippen molar-refractivity contribution in [1.82, 2.24) is 9.21 Å². The summed E-state index contributed by atoms with van der Waals surface area (Å²) in [5, 5.41) is 9.75. The first kappa shape index (κ1) is 19.2. The lowest BCUT2D eigenvalue weighted by Gasteiger charge is -2.36. The summed E-state index contributed by atoms with van der Waals surface area (Å²) in [5.74, 6) is -0.887. The molecule has 1 N–H and O–H groups in total. The number of carboxylic acid groups (broad SMARTS) is 1. The van der Waals surface area contributed by atoms with Crippen molar-refractivity contribution in [2.45, 2.75) is 32.4 Å². The quantitative estimate of drug-likeness (QED) is 0.826. The predicted molar refractivity (Wildman–Crippen MR) is 93.9 cm³/mol. The van der Waals surface area contributed by atoms with E-state index in [1.807, 2.05) is 0 Å². The highest BCUT2D eigenvalue weighted by atomic mass is 35.5. The van der Waals surface area contributed by atoms with Crippen LogP contribution in [0.2, 0.25) is 5.02 Å². The molecule has 24 heavy (non-hydrogen) atoms. The van der Waals surface area contributed by atoms with E-state index in [0.29, 0.717) is 30.2 Å². The van der Waals surface area contributed by atoms with Gasteiger partial charge in [0, 0.05) is 37.7 Å². The Morgan fingerprint density at radius 1 is 1.38 bits per heavy atom. The Hall–Kier alpha value is -1.15. The van der Waals surface area contributed by atoms with E-state index in [2.05, 4.69) is 4.90 Å². The van der Waals surface area contributed by atoms with Crippen molar-refractivity contribution in [2.75, 3.05) is 25.9 Å². The van der Waals surface area contributed by atoms with Crippen LogP contribution in [0, 0.1) is 0 Å². The summed E-state index contributed by atoms with van der Waals surface area (Å²) in [4.78, 5) is 13.5. The third kappa shape index (κ3) is 4.27. The molecule has 1 aromatic carbocycles. The van der Waals surface area contributed by atoms with Crippen LogP contribution in [0.4, 0.5) is 0 Å². The van der Waals surface area contributed by atoms with Crippen LogP contribution in [0.1, 0.15) is 35.7 Å². The number of nitrogens with zero attached hydrogens (tertiary/aromatic N) is 2. The number of hydrogen-bond acceptors (Lipinski definition) is 4. The van der Waals surface area contributed by atoms with Gasteiger partial charge >= 0.3 is 5.97 Å². The molecule has 0 saturated carbocycles. The van der Waals surface area contributed by atoms with E-state index >= 15 is 0 Å². The van der Waals surface area contributed by atoms with E-state index in [0.717, 1.165) is 12.8 Å². The van der Waals surface area contributed by atoms with Gasteiger partial charge in [0.2, 0.25) is 10.0 Å². The number of aromatic carboxylic acids is 1. The summed E-state index contributed by atoms with van der Waals surface area (Å²) >= 11 is 6.17. The van der Waals surface area contributed by atoms with Crippen molar-refractivity contribution >= 4 is 27.6 Å². The fourth-order valence-corrected chi connectivity index (χ4v) is 4.32. The maximum absolute atomic E-state index is 12.0. The normalized spacial score (nSPS) is 17.3. The van der Waals surface area contributed by atoms with Gasteiger partial charge in [-0.3, -0.25) is 4.90 Å². The van der Waals surface area contributed by atoms with Crippen LogP contribution in [0.15, 0.2) is 18.2 Å². The number of hydrogen-bond donors (Lipinski definition) is 1. The summed E-state index contributed by atoms with van der Waals surface area (Å²) in [6.07, 6.45) is 1.45. The molecular formula is C16H23ClN2O4S. The van der Waals surface area contributed by atoms with Gasteiger partial charge in [0.15, 0.2) is 0 Å². The standard InChI is InChI=1S/C16H23ClN2O4S/c1-3-24(22,23)18(2)12-7-9-19(10-8-12)11-14-13(16(20)21)5-4-6-15(14)17/h4-6,12H,3,7-11H2,1-2H3,(H,20,21). The van der Waals surface area contributed by atoms with Gasteiger partial charge in [-0.05, 0) is 37.5 Å². The van der Waals surface area contributed by atoms with Crippen LogP contribution >= 0.6 is 11.6 Å². The van der Waals surface area contributed by atoms with Gasteiger partial charge in [-0.2, -0.15) is 0 Å². The molecule has 2 rings (SSSR count). The molecule has 0 spiro atoms. The van der Waals surface area contributed by atoms with Gasteiger partial charge in [-0.15, -0.1) is 0 Å². The lowest BCUT2D eigenvalue weighted by Crippen LogP contribution is -2.45. The summed E-state index contributed by atoms with van der Waals surface area (Å²) in [6.45, 7) is 3.51. The first-order chi connectivity index (χ1) is 11.3. The van der Waals surface area contributed by atoms with E-state index < -0.39 is 16.0 Å². The van der Waals surface area contributed by atoms with E-state index in [9.17, 15) is 18.3 Å². The average Bonchev–Trinajstić information content (AvgIpc) is 2.56. The van der Waals surface area contributed by atoms with Crippen LogP contribution in [0.3, 0.4) is 0 Å². The zero-order valence-electron chi connectivity index (χ0n) is 13.9. The fourth-order valence-electron chi connectivity index (χ4n) is 3.02. The lowest BCUT2D eigenvalue weighted by molar-refractivity contribution is 0.0693. The first-order valence-corrected chi connectivity index (χ1v) is 9.93. The highest BCUT2D eigenvalue weighted by molar-refractivity contribution is 7.89. The number of rotatable bonds is 6. The molecule has 1 aliphatic rings. The molecule has 0 amide bonds. The van der Waals surface area contributed by atoms with Crippen molar-refractivity contribution in [3.63, 3.8) is 0 Å². The van der Waals surface area contributed by atoms with Crippen LogP contribution in [0.25, 0.3) is 0 Å². The molecule has 0 aliphatic carbocycles. The van der Waals surface area contributed by atoms with Crippen molar-refractivity contribution in [2.24, 2.45) is 0 Å². The Morgan fingerprint density at radius 2 is 2.00 bits per heavy atom. The molecule has 1 saturated heterocycles.